The molecule has 128 valence electrons. The molecule has 0 bridgehead atoms. The zero-order valence-electron chi connectivity index (χ0n) is 14.2. The summed E-state index contributed by atoms with van der Waals surface area (Å²) < 4.78 is 5.26. The van der Waals surface area contributed by atoms with Gasteiger partial charge in [0, 0.05) is 24.5 Å². The number of rotatable bonds is 3. The second-order valence-corrected chi connectivity index (χ2v) is 6.29. The number of pyridine rings is 1. The average molecular weight is 336 g/mol. The van der Waals surface area contributed by atoms with Crippen molar-refractivity contribution in [1.29, 1.82) is 0 Å². The average Bonchev–Trinajstić information content (AvgIpc) is 3.16. The number of benzene rings is 1. The summed E-state index contributed by atoms with van der Waals surface area (Å²) in [6, 6.07) is 9.61. The molecule has 0 saturated carbocycles. The lowest BCUT2D eigenvalue weighted by Gasteiger charge is -2.33. The number of likely N-dealkylation sites (tertiary alicyclic amines) is 1. The molecule has 1 fully saturated rings. The molecule has 0 N–H and O–H groups in total. The molecule has 4 rings (SSSR count). The number of fused-ring (bicyclic) bond motifs is 1. The van der Waals surface area contributed by atoms with Crippen LogP contribution in [-0.4, -0.2) is 32.5 Å². The first kappa shape index (κ1) is 15.7. The first-order valence-corrected chi connectivity index (χ1v) is 8.75. The van der Waals surface area contributed by atoms with Crippen molar-refractivity contribution < 1.29 is 9.32 Å². The zero-order valence-corrected chi connectivity index (χ0v) is 14.2. The monoisotopic (exact) mass is 336 g/mol. The van der Waals surface area contributed by atoms with Gasteiger partial charge in [0.15, 0.2) is 5.82 Å². The molecular weight excluding hydrogens is 316 g/mol. The number of aryl methyl sites for hydroxylation is 1. The Balaban J connectivity index is 1.71. The highest BCUT2D eigenvalue weighted by Crippen LogP contribution is 2.31. The van der Waals surface area contributed by atoms with Gasteiger partial charge >= 0.3 is 0 Å². The van der Waals surface area contributed by atoms with Gasteiger partial charge in [-0.05, 0) is 30.7 Å². The zero-order chi connectivity index (χ0) is 17.2. The molecule has 1 aromatic carbocycles. The molecule has 1 saturated heterocycles. The number of nitrogens with zero attached hydrogens (tertiary/aromatic N) is 4. The van der Waals surface area contributed by atoms with Crippen molar-refractivity contribution in [3.8, 4) is 0 Å². The van der Waals surface area contributed by atoms with Crippen LogP contribution in [0.5, 0.6) is 0 Å². The minimum atomic E-state index is -0.147. The lowest BCUT2D eigenvalue weighted by atomic mass is 10.00. The highest BCUT2D eigenvalue weighted by Gasteiger charge is 2.33. The van der Waals surface area contributed by atoms with E-state index in [2.05, 4.69) is 15.1 Å². The molecule has 1 atom stereocenters. The Morgan fingerprint density at radius 2 is 2.16 bits per heavy atom. The van der Waals surface area contributed by atoms with Gasteiger partial charge in [-0.3, -0.25) is 9.78 Å². The van der Waals surface area contributed by atoms with E-state index in [1.54, 1.807) is 6.20 Å². The second kappa shape index (κ2) is 6.63. The number of carbonyl (C=O) groups is 1. The van der Waals surface area contributed by atoms with Crippen molar-refractivity contribution >= 4 is 16.7 Å². The Morgan fingerprint density at radius 1 is 1.28 bits per heavy atom. The highest BCUT2D eigenvalue weighted by molar-refractivity contribution is 6.05. The number of hydrogen-bond acceptors (Lipinski definition) is 5. The van der Waals surface area contributed by atoms with Crippen molar-refractivity contribution in [3.05, 3.63) is 53.9 Å². The Morgan fingerprint density at radius 3 is 3.00 bits per heavy atom. The Bertz CT molecular complexity index is 900. The van der Waals surface area contributed by atoms with E-state index in [0.717, 1.165) is 30.0 Å². The number of piperidine rings is 1. The number of carbonyl (C=O) groups excluding carboxylic acids is 1. The Labute approximate surface area is 145 Å². The summed E-state index contributed by atoms with van der Waals surface area (Å²) in [5.41, 5.74) is 0.490. The predicted octanol–water partition coefficient (Wildman–Crippen LogP) is 3.55. The summed E-state index contributed by atoms with van der Waals surface area (Å²) in [6.07, 6.45) is 5.26. The molecule has 6 nitrogen and oxygen atoms in total. The molecule has 2 aromatic heterocycles. The first-order valence-electron chi connectivity index (χ1n) is 8.75. The predicted molar refractivity (Wildman–Crippen MR) is 93.0 cm³/mol. The standard InChI is InChI=1S/C19H20N4O2/c1-2-16-21-18(22-25-16)15-9-5-6-12-23(15)19(24)17-14-8-4-3-7-13(14)10-11-20-17/h3-4,7-8,10-11,15H,2,5-6,9,12H2,1H3. The lowest BCUT2D eigenvalue weighted by Crippen LogP contribution is -2.39. The van der Waals surface area contributed by atoms with Crippen LogP contribution >= 0.6 is 0 Å². The van der Waals surface area contributed by atoms with E-state index in [0.29, 0.717) is 30.4 Å². The largest absolute Gasteiger partial charge is 0.339 e. The maximum Gasteiger partial charge on any atom is 0.273 e. The van der Waals surface area contributed by atoms with E-state index < -0.39 is 0 Å². The van der Waals surface area contributed by atoms with E-state index in [9.17, 15) is 4.79 Å². The molecule has 6 heteroatoms. The lowest BCUT2D eigenvalue weighted by molar-refractivity contribution is 0.0593. The minimum absolute atomic E-state index is 0.0654. The van der Waals surface area contributed by atoms with Crippen LogP contribution in [0.25, 0.3) is 10.8 Å². The summed E-state index contributed by atoms with van der Waals surface area (Å²) in [6.45, 7) is 2.66. The SMILES string of the molecule is CCc1nc(C2CCCCN2C(=O)c2nccc3ccccc23)no1. The molecule has 0 radical (unpaired) electrons. The van der Waals surface area contributed by atoms with Gasteiger partial charge in [-0.1, -0.05) is 36.3 Å². The van der Waals surface area contributed by atoms with Gasteiger partial charge in [-0.15, -0.1) is 0 Å². The second-order valence-electron chi connectivity index (χ2n) is 6.29. The van der Waals surface area contributed by atoms with Gasteiger partial charge in [-0.25, -0.2) is 0 Å². The molecular formula is C19H20N4O2. The third kappa shape index (κ3) is 2.88. The fraction of sp³-hybridized carbons (Fsp3) is 0.368. The van der Waals surface area contributed by atoms with E-state index in [1.807, 2.05) is 42.2 Å². The third-order valence-corrected chi connectivity index (χ3v) is 4.72. The maximum atomic E-state index is 13.3. The van der Waals surface area contributed by atoms with Gasteiger partial charge < -0.3 is 9.42 Å². The molecule has 25 heavy (non-hydrogen) atoms. The van der Waals surface area contributed by atoms with Crippen molar-refractivity contribution in [2.45, 2.75) is 38.6 Å². The first-order chi connectivity index (χ1) is 12.3. The van der Waals surface area contributed by atoms with E-state index in [-0.39, 0.29) is 11.9 Å². The quantitative estimate of drug-likeness (QED) is 0.731. The van der Waals surface area contributed by atoms with Gasteiger partial charge in [0.1, 0.15) is 5.69 Å². The summed E-state index contributed by atoms with van der Waals surface area (Å²) in [5, 5.41) is 5.99. The molecule has 0 spiro atoms. The molecule has 1 aliphatic heterocycles. The van der Waals surface area contributed by atoms with Crippen LogP contribution in [0.4, 0.5) is 0 Å². The fourth-order valence-corrected chi connectivity index (χ4v) is 3.42. The Hall–Kier alpha value is -2.76. The molecule has 3 heterocycles. The topological polar surface area (TPSA) is 72.1 Å². The summed E-state index contributed by atoms with van der Waals surface area (Å²) in [7, 11) is 0. The van der Waals surface area contributed by atoms with Crippen LogP contribution in [0.1, 0.15) is 54.4 Å². The van der Waals surface area contributed by atoms with Gasteiger partial charge in [-0.2, -0.15) is 4.98 Å². The summed E-state index contributed by atoms with van der Waals surface area (Å²) >= 11 is 0. The summed E-state index contributed by atoms with van der Waals surface area (Å²) in [5.74, 6) is 1.14. The highest BCUT2D eigenvalue weighted by atomic mass is 16.5. The van der Waals surface area contributed by atoms with E-state index in [1.165, 1.54) is 0 Å². The number of aromatic nitrogens is 3. The van der Waals surface area contributed by atoms with Crippen LogP contribution in [-0.2, 0) is 6.42 Å². The molecule has 3 aromatic rings. The van der Waals surface area contributed by atoms with Crippen LogP contribution in [0.3, 0.4) is 0 Å². The summed E-state index contributed by atoms with van der Waals surface area (Å²) in [4.78, 5) is 23.9. The normalized spacial score (nSPS) is 17.8. The van der Waals surface area contributed by atoms with Gasteiger partial charge in [0.05, 0.1) is 6.04 Å². The molecule has 1 unspecified atom stereocenters. The fourth-order valence-electron chi connectivity index (χ4n) is 3.42. The van der Waals surface area contributed by atoms with Gasteiger partial charge in [0.25, 0.3) is 5.91 Å². The van der Waals surface area contributed by atoms with Crippen molar-refractivity contribution in [1.82, 2.24) is 20.0 Å². The molecule has 1 aliphatic rings. The van der Waals surface area contributed by atoms with Crippen LogP contribution in [0, 0.1) is 0 Å². The van der Waals surface area contributed by atoms with Crippen LogP contribution < -0.4 is 0 Å². The minimum Gasteiger partial charge on any atom is -0.339 e. The molecule has 1 amide bonds. The van der Waals surface area contributed by atoms with Crippen LogP contribution in [0.2, 0.25) is 0 Å². The van der Waals surface area contributed by atoms with Crippen LogP contribution in [0.15, 0.2) is 41.1 Å². The van der Waals surface area contributed by atoms with E-state index >= 15 is 0 Å². The van der Waals surface area contributed by atoms with Gasteiger partial charge in [0.2, 0.25) is 5.89 Å². The number of amides is 1. The van der Waals surface area contributed by atoms with Crippen molar-refractivity contribution in [3.63, 3.8) is 0 Å². The smallest absolute Gasteiger partial charge is 0.273 e. The van der Waals surface area contributed by atoms with Crippen molar-refractivity contribution in [2.24, 2.45) is 0 Å². The van der Waals surface area contributed by atoms with E-state index in [4.69, 9.17) is 4.52 Å². The van der Waals surface area contributed by atoms with Crippen molar-refractivity contribution in [2.75, 3.05) is 6.54 Å². The Kier molecular flexibility index (Phi) is 4.17. The molecule has 0 aliphatic carbocycles. The number of hydrogen-bond donors (Lipinski definition) is 0. The maximum absolute atomic E-state index is 13.3. The third-order valence-electron chi connectivity index (χ3n) is 4.72.